The number of esters is 1. The Kier molecular flexibility index (Phi) is 11.2. The number of carbonyl (C=O) groups is 4. The molecule has 0 saturated heterocycles. The minimum Gasteiger partial charge on any atom is -0.456 e. The van der Waals surface area contributed by atoms with Crippen LogP contribution in [0.3, 0.4) is 0 Å². The van der Waals surface area contributed by atoms with Crippen LogP contribution in [0.15, 0.2) is 72.8 Å². The molecule has 0 bridgehead atoms. The lowest BCUT2D eigenvalue weighted by Gasteiger charge is -2.23. The summed E-state index contributed by atoms with van der Waals surface area (Å²) in [5.41, 5.74) is 6.66. The summed E-state index contributed by atoms with van der Waals surface area (Å²) in [5, 5.41) is 20.0. The predicted octanol–water partition coefficient (Wildman–Crippen LogP) is 2.21. The van der Waals surface area contributed by atoms with Crippen LogP contribution in [0.4, 0.5) is 5.69 Å². The average Bonchev–Trinajstić information content (AvgIpc) is 2.94. The third-order valence-corrected chi connectivity index (χ3v) is 6.07. The van der Waals surface area contributed by atoms with Gasteiger partial charge in [0.25, 0.3) is 0 Å². The van der Waals surface area contributed by atoms with Crippen molar-refractivity contribution in [1.82, 2.24) is 16.0 Å². The Hall–Kier alpha value is -4.93. The first kappa shape index (κ1) is 30.6. The van der Waals surface area contributed by atoms with Gasteiger partial charge in [-0.1, -0.05) is 60.7 Å². The van der Waals surface area contributed by atoms with Gasteiger partial charge in [0.1, 0.15) is 12.1 Å². The molecule has 3 aromatic rings. The molecule has 3 aromatic carbocycles. The van der Waals surface area contributed by atoms with Gasteiger partial charge in [-0.15, -0.1) is 0 Å². The molecular weight excluding hydrogens is 524 g/mol. The number of nitrogens with two attached hydrogens (primary N) is 1. The molecule has 11 nitrogen and oxygen atoms in total. The van der Waals surface area contributed by atoms with E-state index in [2.05, 4.69) is 21.3 Å². The Morgan fingerprint density at radius 1 is 0.854 bits per heavy atom. The number of ether oxygens (including phenoxy) is 1. The third-order valence-electron chi connectivity index (χ3n) is 6.07. The Morgan fingerprint density at radius 3 is 2.22 bits per heavy atom. The lowest BCUT2D eigenvalue weighted by Crippen LogP contribution is -2.54. The zero-order valence-electron chi connectivity index (χ0n) is 23.1. The van der Waals surface area contributed by atoms with E-state index in [1.807, 2.05) is 42.5 Å². The van der Waals surface area contributed by atoms with Gasteiger partial charge in [0.2, 0.25) is 11.8 Å². The topological polar surface area (TPSA) is 176 Å². The van der Waals surface area contributed by atoms with Crippen LogP contribution in [0.5, 0.6) is 0 Å². The van der Waals surface area contributed by atoms with Crippen molar-refractivity contribution in [2.45, 2.75) is 51.3 Å². The summed E-state index contributed by atoms with van der Waals surface area (Å²) in [5.74, 6) is -3.47. The predicted molar refractivity (Wildman–Crippen MR) is 157 cm³/mol. The van der Waals surface area contributed by atoms with Crippen LogP contribution in [0, 0.1) is 5.41 Å². The van der Waals surface area contributed by atoms with E-state index in [0.717, 1.165) is 16.3 Å². The highest BCUT2D eigenvalue weighted by Gasteiger charge is 2.29. The number of guanidine groups is 1. The molecular formula is C30H36N6O5. The van der Waals surface area contributed by atoms with E-state index in [4.69, 9.17) is 15.9 Å². The fourth-order valence-corrected chi connectivity index (χ4v) is 4.11. The molecule has 2 unspecified atom stereocenters. The largest absolute Gasteiger partial charge is 0.456 e. The molecule has 2 atom stereocenters. The Morgan fingerprint density at radius 2 is 1.54 bits per heavy atom. The summed E-state index contributed by atoms with van der Waals surface area (Å²) in [4.78, 5) is 51.6. The van der Waals surface area contributed by atoms with Crippen LogP contribution in [-0.2, 0) is 30.3 Å². The van der Waals surface area contributed by atoms with Crippen molar-refractivity contribution in [3.63, 3.8) is 0 Å². The lowest BCUT2D eigenvalue weighted by atomic mass is 10.0. The Balaban J connectivity index is 1.78. The Bertz CT molecular complexity index is 1380. The van der Waals surface area contributed by atoms with Crippen LogP contribution >= 0.6 is 0 Å². The minimum absolute atomic E-state index is 0.0816. The van der Waals surface area contributed by atoms with Gasteiger partial charge < -0.3 is 31.7 Å². The molecule has 0 saturated carbocycles. The highest BCUT2D eigenvalue weighted by atomic mass is 16.5. The van der Waals surface area contributed by atoms with E-state index in [-0.39, 0.29) is 18.8 Å². The number of fused-ring (bicyclic) bond motifs is 1. The molecule has 216 valence electrons. The quantitative estimate of drug-likeness (QED) is 0.0647. The second kappa shape index (κ2) is 15.0. The first-order chi connectivity index (χ1) is 19.6. The molecule has 7 N–H and O–H groups in total. The lowest BCUT2D eigenvalue weighted by molar-refractivity contribution is -0.158. The van der Waals surface area contributed by atoms with Gasteiger partial charge in [-0.05, 0) is 55.2 Å². The summed E-state index contributed by atoms with van der Waals surface area (Å²) >= 11 is 0. The zero-order valence-corrected chi connectivity index (χ0v) is 23.1. The highest BCUT2D eigenvalue weighted by Crippen LogP contribution is 2.19. The second-order valence-electron chi connectivity index (χ2n) is 9.76. The molecule has 0 aliphatic carbocycles. The summed E-state index contributed by atoms with van der Waals surface area (Å²) in [6.45, 7) is 3.54. The number of hydrogen-bond donors (Lipinski definition) is 6. The van der Waals surface area contributed by atoms with E-state index >= 15 is 0 Å². The van der Waals surface area contributed by atoms with Gasteiger partial charge in [-0.3, -0.25) is 19.8 Å². The molecule has 0 aromatic heterocycles. The molecule has 0 spiro atoms. The number of nitrogens with one attached hydrogen (secondary N) is 5. The number of amides is 3. The van der Waals surface area contributed by atoms with Crippen LogP contribution in [0.25, 0.3) is 10.8 Å². The van der Waals surface area contributed by atoms with Gasteiger partial charge in [-0.25, -0.2) is 4.79 Å². The molecule has 0 aliphatic heterocycles. The van der Waals surface area contributed by atoms with Crippen molar-refractivity contribution < 1.29 is 23.9 Å². The average molecular weight is 561 g/mol. The molecule has 0 fully saturated rings. The van der Waals surface area contributed by atoms with Crippen molar-refractivity contribution in [3.05, 3.63) is 78.4 Å². The van der Waals surface area contributed by atoms with Crippen molar-refractivity contribution in [2.75, 3.05) is 11.9 Å². The van der Waals surface area contributed by atoms with Crippen LogP contribution < -0.4 is 27.0 Å². The first-order valence-electron chi connectivity index (χ1n) is 13.4. The normalized spacial score (nSPS) is 12.2. The van der Waals surface area contributed by atoms with Crippen LogP contribution in [-0.4, -0.2) is 54.4 Å². The number of anilines is 1. The van der Waals surface area contributed by atoms with Crippen molar-refractivity contribution in [1.29, 1.82) is 5.41 Å². The van der Waals surface area contributed by atoms with Gasteiger partial charge in [-0.2, -0.15) is 0 Å². The van der Waals surface area contributed by atoms with E-state index in [1.54, 1.807) is 44.2 Å². The first-order valence-corrected chi connectivity index (χ1v) is 13.4. The molecule has 41 heavy (non-hydrogen) atoms. The molecule has 11 heteroatoms. The van der Waals surface area contributed by atoms with E-state index < -0.39 is 41.9 Å². The van der Waals surface area contributed by atoms with Gasteiger partial charge in [0.05, 0.1) is 6.10 Å². The molecule has 0 heterocycles. The minimum atomic E-state index is -1.16. The zero-order chi connectivity index (χ0) is 29.8. The smallest absolute Gasteiger partial charge is 0.397 e. The summed E-state index contributed by atoms with van der Waals surface area (Å²) in [6.07, 6.45) is 0.193. The van der Waals surface area contributed by atoms with Crippen LogP contribution in [0.2, 0.25) is 0 Å². The van der Waals surface area contributed by atoms with Gasteiger partial charge in [0, 0.05) is 18.7 Å². The monoisotopic (exact) mass is 560 g/mol. The second-order valence-corrected chi connectivity index (χ2v) is 9.76. The maximum atomic E-state index is 13.5. The fourth-order valence-electron chi connectivity index (χ4n) is 4.11. The van der Waals surface area contributed by atoms with E-state index in [1.165, 1.54) is 0 Å². The highest BCUT2D eigenvalue weighted by molar-refractivity contribution is 6.33. The standard InChI is InChI=1S/C30H36N6O5/c1-19(2)41-29(40)28(39)36-25(17-20-9-4-3-5-10-20)27(38)35-24(13-8-16-33-30(31)32)26(37)34-23-15-14-21-11-6-7-12-22(21)18-23/h3-7,9-12,14-15,18-19,24-25H,8,13,16-17H2,1-2H3,(H,34,37)(H,35,38)(H,36,39)(H4,31,32,33). The summed E-state index contributed by atoms with van der Waals surface area (Å²) < 4.78 is 4.96. The van der Waals surface area contributed by atoms with E-state index in [9.17, 15) is 19.2 Å². The number of carbonyl (C=O) groups excluding carboxylic acids is 4. The molecule has 0 aliphatic rings. The van der Waals surface area contributed by atoms with Crippen molar-refractivity contribution in [3.8, 4) is 0 Å². The fraction of sp³-hybridized carbons (Fsp3) is 0.300. The molecule has 3 amide bonds. The summed E-state index contributed by atoms with van der Waals surface area (Å²) in [6, 6.07) is 20.0. The van der Waals surface area contributed by atoms with E-state index in [0.29, 0.717) is 18.7 Å². The van der Waals surface area contributed by atoms with Crippen molar-refractivity contribution >= 4 is 46.1 Å². The Labute approximate surface area is 238 Å². The van der Waals surface area contributed by atoms with Gasteiger partial charge >= 0.3 is 11.9 Å². The number of rotatable bonds is 12. The van der Waals surface area contributed by atoms with Crippen molar-refractivity contribution in [2.24, 2.45) is 5.73 Å². The number of hydrogen-bond acceptors (Lipinski definition) is 6. The summed E-state index contributed by atoms with van der Waals surface area (Å²) in [7, 11) is 0. The van der Waals surface area contributed by atoms with Gasteiger partial charge in [0.15, 0.2) is 5.96 Å². The third kappa shape index (κ3) is 9.95. The molecule has 0 radical (unpaired) electrons. The maximum absolute atomic E-state index is 13.5. The molecule has 3 rings (SSSR count). The maximum Gasteiger partial charge on any atom is 0.397 e. The van der Waals surface area contributed by atoms with Crippen LogP contribution in [0.1, 0.15) is 32.3 Å². The number of benzene rings is 3. The SMILES string of the molecule is CC(C)OC(=O)C(=O)NC(Cc1ccccc1)C(=O)NC(CCCNC(=N)N)C(=O)Nc1ccc2ccccc2c1.